The molecule has 0 spiro atoms. The van der Waals surface area contributed by atoms with Crippen molar-refractivity contribution >= 4 is 0 Å². The number of aromatic hydroxyl groups is 1. The van der Waals surface area contributed by atoms with Crippen molar-refractivity contribution in [3.63, 3.8) is 0 Å². The molecule has 84 valence electrons. The van der Waals surface area contributed by atoms with E-state index in [1.165, 1.54) is 0 Å². The number of hydrogen-bond acceptors (Lipinski definition) is 3. The van der Waals surface area contributed by atoms with Gasteiger partial charge < -0.3 is 14.9 Å². The number of aliphatic hydroxyl groups excluding tert-OH is 1. The van der Waals surface area contributed by atoms with E-state index in [0.717, 1.165) is 5.56 Å². The van der Waals surface area contributed by atoms with E-state index >= 15 is 0 Å². The van der Waals surface area contributed by atoms with Crippen molar-refractivity contribution in [2.24, 2.45) is 0 Å². The van der Waals surface area contributed by atoms with E-state index in [1.54, 1.807) is 24.3 Å². The van der Waals surface area contributed by atoms with Crippen molar-refractivity contribution < 1.29 is 14.9 Å². The summed E-state index contributed by atoms with van der Waals surface area (Å²) in [6.07, 6.45) is 0.198. The highest BCUT2D eigenvalue weighted by Crippen LogP contribution is 2.11. The summed E-state index contributed by atoms with van der Waals surface area (Å²) in [6, 6.07) is 6.83. The summed E-state index contributed by atoms with van der Waals surface area (Å²) >= 11 is 0. The minimum Gasteiger partial charge on any atom is -0.508 e. The smallest absolute Gasteiger partial charge is 0.115 e. The van der Waals surface area contributed by atoms with Crippen LogP contribution in [0.4, 0.5) is 0 Å². The zero-order chi connectivity index (χ0) is 11.3. The third kappa shape index (κ3) is 4.81. The Hall–Kier alpha value is -1.06. The summed E-state index contributed by atoms with van der Waals surface area (Å²) in [6.45, 7) is 4.22. The summed E-state index contributed by atoms with van der Waals surface area (Å²) in [5.41, 5.74) is 0.993. The molecule has 0 heterocycles. The Morgan fingerprint density at radius 1 is 1.20 bits per heavy atom. The first-order chi connectivity index (χ1) is 7.08. The van der Waals surface area contributed by atoms with E-state index in [0.29, 0.717) is 13.0 Å². The minimum absolute atomic E-state index is 0.138. The van der Waals surface area contributed by atoms with E-state index in [9.17, 15) is 5.11 Å². The Balaban J connectivity index is 2.37. The molecule has 3 nitrogen and oxygen atoms in total. The van der Waals surface area contributed by atoms with Crippen LogP contribution in [0.15, 0.2) is 24.3 Å². The molecule has 0 saturated heterocycles. The van der Waals surface area contributed by atoms with Gasteiger partial charge in [0.1, 0.15) is 5.75 Å². The fourth-order valence-corrected chi connectivity index (χ4v) is 1.27. The average molecular weight is 210 g/mol. The van der Waals surface area contributed by atoms with Gasteiger partial charge in [-0.05, 0) is 31.5 Å². The molecule has 0 fully saturated rings. The van der Waals surface area contributed by atoms with Gasteiger partial charge in [0.15, 0.2) is 0 Å². The Bertz CT molecular complexity index is 279. The van der Waals surface area contributed by atoms with Gasteiger partial charge in [0.2, 0.25) is 0 Å². The summed E-state index contributed by atoms with van der Waals surface area (Å²) in [5.74, 6) is 0.242. The first-order valence-electron chi connectivity index (χ1n) is 5.15. The Morgan fingerprint density at radius 2 is 1.80 bits per heavy atom. The molecule has 2 N–H and O–H groups in total. The molecule has 0 aromatic heterocycles. The van der Waals surface area contributed by atoms with Crippen LogP contribution in [0, 0.1) is 0 Å². The Labute approximate surface area is 90.3 Å². The van der Waals surface area contributed by atoms with Gasteiger partial charge in [-0.1, -0.05) is 12.1 Å². The Morgan fingerprint density at radius 3 is 2.33 bits per heavy atom. The van der Waals surface area contributed by atoms with Gasteiger partial charge in [-0.15, -0.1) is 0 Å². The number of hydrogen-bond donors (Lipinski definition) is 2. The predicted octanol–water partition coefficient (Wildman–Crippen LogP) is 1.72. The minimum atomic E-state index is -0.489. The van der Waals surface area contributed by atoms with Crippen molar-refractivity contribution in [2.75, 3.05) is 6.61 Å². The fourth-order valence-electron chi connectivity index (χ4n) is 1.27. The van der Waals surface area contributed by atoms with Crippen molar-refractivity contribution in [3.8, 4) is 5.75 Å². The van der Waals surface area contributed by atoms with Crippen molar-refractivity contribution in [1.82, 2.24) is 0 Å². The molecule has 1 aromatic rings. The first kappa shape index (κ1) is 12.0. The monoisotopic (exact) mass is 210 g/mol. The van der Waals surface area contributed by atoms with Crippen LogP contribution in [0.1, 0.15) is 19.4 Å². The molecule has 1 unspecified atom stereocenters. The number of phenols is 1. The Kier molecular flexibility index (Phi) is 4.59. The second-order valence-electron chi connectivity index (χ2n) is 3.91. The number of benzene rings is 1. The molecular weight excluding hydrogens is 192 g/mol. The molecule has 1 aromatic carbocycles. The molecule has 0 aliphatic heterocycles. The van der Waals surface area contributed by atoms with Gasteiger partial charge in [-0.25, -0.2) is 0 Å². The largest absolute Gasteiger partial charge is 0.508 e. The molecule has 15 heavy (non-hydrogen) atoms. The molecule has 0 radical (unpaired) electrons. The van der Waals surface area contributed by atoms with Crippen LogP contribution in [0.5, 0.6) is 5.75 Å². The van der Waals surface area contributed by atoms with Gasteiger partial charge in [-0.3, -0.25) is 0 Å². The molecular formula is C12H18O3. The number of phenolic OH excluding ortho intramolecular Hbond substituents is 1. The van der Waals surface area contributed by atoms with E-state index in [2.05, 4.69) is 0 Å². The number of rotatable bonds is 5. The van der Waals surface area contributed by atoms with Crippen LogP contribution >= 0.6 is 0 Å². The lowest BCUT2D eigenvalue weighted by atomic mass is 10.1. The second kappa shape index (κ2) is 5.73. The lowest BCUT2D eigenvalue weighted by molar-refractivity contribution is 0.00621. The van der Waals surface area contributed by atoms with Crippen LogP contribution in [0.3, 0.4) is 0 Å². The molecule has 0 aliphatic rings. The van der Waals surface area contributed by atoms with Crippen molar-refractivity contribution in [3.05, 3.63) is 29.8 Å². The van der Waals surface area contributed by atoms with Gasteiger partial charge >= 0.3 is 0 Å². The van der Waals surface area contributed by atoms with Gasteiger partial charge in [0.25, 0.3) is 0 Å². The third-order valence-electron chi connectivity index (χ3n) is 2.03. The molecule has 0 amide bonds. The third-order valence-corrected chi connectivity index (χ3v) is 2.03. The van der Waals surface area contributed by atoms with Crippen LogP contribution in [-0.4, -0.2) is 29.0 Å². The first-order valence-corrected chi connectivity index (χ1v) is 5.15. The van der Waals surface area contributed by atoms with E-state index in [4.69, 9.17) is 9.84 Å². The average Bonchev–Trinajstić information content (AvgIpc) is 2.19. The summed E-state index contributed by atoms with van der Waals surface area (Å²) in [4.78, 5) is 0. The van der Waals surface area contributed by atoms with E-state index in [-0.39, 0.29) is 11.9 Å². The summed E-state index contributed by atoms with van der Waals surface area (Å²) < 4.78 is 5.30. The highest BCUT2D eigenvalue weighted by atomic mass is 16.5. The van der Waals surface area contributed by atoms with E-state index < -0.39 is 6.10 Å². The van der Waals surface area contributed by atoms with Crippen LogP contribution in [-0.2, 0) is 11.2 Å². The van der Waals surface area contributed by atoms with Crippen LogP contribution in [0.2, 0.25) is 0 Å². The van der Waals surface area contributed by atoms with Crippen LogP contribution in [0.25, 0.3) is 0 Å². The second-order valence-corrected chi connectivity index (χ2v) is 3.91. The molecule has 0 bridgehead atoms. The maximum absolute atomic E-state index is 9.63. The molecule has 0 saturated carbocycles. The van der Waals surface area contributed by atoms with Crippen molar-refractivity contribution in [2.45, 2.75) is 32.5 Å². The zero-order valence-electron chi connectivity index (χ0n) is 9.18. The fraction of sp³-hybridized carbons (Fsp3) is 0.500. The van der Waals surface area contributed by atoms with Crippen molar-refractivity contribution in [1.29, 1.82) is 0 Å². The van der Waals surface area contributed by atoms with Crippen LogP contribution < -0.4 is 0 Å². The van der Waals surface area contributed by atoms with E-state index in [1.807, 2.05) is 13.8 Å². The number of ether oxygens (including phenoxy) is 1. The topological polar surface area (TPSA) is 49.7 Å². The normalized spacial score (nSPS) is 13.1. The van der Waals surface area contributed by atoms with Gasteiger partial charge in [0, 0.05) is 6.42 Å². The van der Waals surface area contributed by atoms with Gasteiger partial charge in [-0.2, -0.15) is 0 Å². The summed E-state index contributed by atoms with van der Waals surface area (Å²) in [7, 11) is 0. The summed E-state index contributed by atoms with van der Waals surface area (Å²) in [5, 5.41) is 18.7. The molecule has 1 rings (SSSR count). The lowest BCUT2D eigenvalue weighted by Crippen LogP contribution is -2.20. The lowest BCUT2D eigenvalue weighted by Gasteiger charge is -2.13. The predicted molar refractivity (Wildman–Crippen MR) is 58.9 cm³/mol. The highest BCUT2D eigenvalue weighted by Gasteiger charge is 2.06. The standard InChI is InChI=1S/C12H18O3/c1-9(2)15-8-12(14)7-10-3-5-11(13)6-4-10/h3-6,9,12-14H,7-8H2,1-2H3. The van der Waals surface area contributed by atoms with Gasteiger partial charge in [0.05, 0.1) is 18.8 Å². The molecule has 3 heteroatoms. The quantitative estimate of drug-likeness (QED) is 0.778. The zero-order valence-corrected chi connectivity index (χ0v) is 9.18. The maximum Gasteiger partial charge on any atom is 0.115 e. The maximum atomic E-state index is 9.63. The number of aliphatic hydroxyl groups is 1. The highest BCUT2D eigenvalue weighted by molar-refractivity contribution is 5.26. The molecule has 1 atom stereocenters. The SMILES string of the molecule is CC(C)OCC(O)Cc1ccc(O)cc1. The molecule has 0 aliphatic carbocycles.